The van der Waals surface area contributed by atoms with Crippen molar-refractivity contribution in [2.45, 2.75) is 60.0 Å². The number of carbonyl (C=O) groups is 1. The first kappa shape index (κ1) is 20.9. The molecule has 0 aliphatic heterocycles. The van der Waals surface area contributed by atoms with Crippen LogP contribution in [0.3, 0.4) is 0 Å². The largest absolute Gasteiger partial charge is 0.475 e. The third-order valence-electron chi connectivity index (χ3n) is 4.52. The van der Waals surface area contributed by atoms with Crippen LogP contribution in [0.5, 0.6) is 17.4 Å². The van der Waals surface area contributed by atoms with E-state index in [1.54, 1.807) is 13.1 Å². The molecule has 0 aliphatic carbocycles. The third-order valence-corrected chi connectivity index (χ3v) is 4.52. The van der Waals surface area contributed by atoms with Crippen LogP contribution < -0.4 is 9.47 Å². The topological polar surface area (TPSA) is 48.4 Å². The van der Waals surface area contributed by atoms with Gasteiger partial charge in [-0.05, 0) is 69.2 Å². The minimum absolute atomic E-state index is 0.0996. The first-order valence-corrected chi connectivity index (χ1v) is 9.72. The average Bonchev–Trinajstić information content (AvgIpc) is 2.60. The number of carbonyl (C=O) groups excluding carboxylic acids is 1. The number of aromatic nitrogens is 1. The monoisotopic (exact) mass is 369 g/mol. The number of aryl methyl sites for hydroxylation is 1. The zero-order valence-corrected chi connectivity index (χ0v) is 17.1. The van der Waals surface area contributed by atoms with E-state index in [-0.39, 0.29) is 11.9 Å². The van der Waals surface area contributed by atoms with E-state index in [0.717, 1.165) is 18.6 Å². The molecule has 2 aromatic rings. The van der Waals surface area contributed by atoms with E-state index in [0.29, 0.717) is 29.9 Å². The van der Waals surface area contributed by atoms with Crippen LogP contribution in [-0.2, 0) is 11.2 Å². The van der Waals surface area contributed by atoms with Crippen molar-refractivity contribution in [2.24, 2.45) is 11.8 Å². The van der Waals surface area contributed by atoms with E-state index in [1.165, 1.54) is 5.56 Å². The predicted octanol–water partition coefficient (Wildman–Crippen LogP) is 5.85. The Morgan fingerprint density at radius 3 is 2.19 bits per heavy atom. The Hall–Kier alpha value is -2.36. The third kappa shape index (κ3) is 7.41. The first-order chi connectivity index (χ1) is 12.8. The number of ketones is 1. The summed E-state index contributed by atoms with van der Waals surface area (Å²) in [6.45, 7) is 10.00. The van der Waals surface area contributed by atoms with Gasteiger partial charge in [0.2, 0.25) is 5.88 Å². The molecular weight excluding hydrogens is 338 g/mol. The summed E-state index contributed by atoms with van der Waals surface area (Å²) >= 11 is 0. The summed E-state index contributed by atoms with van der Waals surface area (Å²) in [4.78, 5) is 15.7. The molecule has 0 saturated heterocycles. The van der Waals surface area contributed by atoms with Gasteiger partial charge in [-0.25, -0.2) is 4.98 Å². The van der Waals surface area contributed by atoms with E-state index in [9.17, 15) is 4.79 Å². The molecule has 0 radical (unpaired) electrons. The average molecular weight is 370 g/mol. The molecule has 1 heterocycles. The highest BCUT2D eigenvalue weighted by Crippen LogP contribution is 2.25. The Labute approximate surface area is 162 Å². The zero-order chi connectivity index (χ0) is 19.8. The van der Waals surface area contributed by atoms with Crippen molar-refractivity contribution in [3.8, 4) is 17.4 Å². The van der Waals surface area contributed by atoms with Gasteiger partial charge in [-0.2, -0.15) is 0 Å². The summed E-state index contributed by atoms with van der Waals surface area (Å²) in [7, 11) is 0. The highest BCUT2D eigenvalue weighted by atomic mass is 16.5. The number of hydrogen-bond acceptors (Lipinski definition) is 4. The van der Waals surface area contributed by atoms with E-state index in [1.807, 2.05) is 38.1 Å². The molecule has 0 aliphatic rings. The first-order valence-electron chi connectivity index (χ1n) is 9.72. The van der Waals surface area contributed by atoms with E-state index in [2.05, 4.69) is 31.0 Å². The zero-order valence-electron chi connectivity index (χ0n) is 17.1. The number of pyridine rings is 1. The SMILES string of the molecule is CC(=O)C[C@H](CCc1ccc(Oc2ccc(OC(C)C)nc2)cc1)C(C)C. The fourth-order valence-electron chi connectivity index (χ4n) is 2.99. The highest BCUT2D eigenvalue weighted by Gasteiger charge is 2.15. The van der Waals surface area contributed by atoms with Gasteiger partial charge in [-0.3, -0.25) is 0 Å². The maximum absolute atomic E-state index is 11.4. The minimum Gasteiger partial charge on any atom is -0.475 e. The minimum atomic E-state index is 0.0996. The molecule has 146 valence electrons. The molecule has 2 rings (SSSR count). The molecule has 0 N–H and O–H groups in total. The molecular formula is C23H31NO3. The summed E-state index contributed by atoms with van der Waals surface area (Å²) in [5.74, 6) is 3.29. The van der Waals surface area contributed by atoms with Crippen LogP contribution >= 0.6 is 0 Å². The summed E-state index contributed by atoms with van der Waals surface area (Å²) in [5.41, 5.74) is 1.26. The van der Waals surface area contributed by atoms with E-state index >= 15 is 0 Å². The molecule has 0 spiro atoms. The number of benzene rings is 1. The standard InChI is InChI=1S/C23H31NO3/c1-16(2)20(14-18(5)25)9-6-19-7-10-21(11-8-19)27-22-12-13-23(24-15-22)26-17(3)4/h7-8,10-13,15-17,20H,6,9,14H2,1-5H3/t20-/m0/s1. The van der Waals surface area contributed by atoms with Gasteiger partial charge in [0, 0.05) is 12.5 Å². The highest BCUT2D eigenvalue weighted by molar-refractivity contribution is 5.75. The molecule has 1 aromatic carbocycles. The Morgan fingerprint density at radius 1 is 1.00 bits per heavy atom. The maximum Gasteiger partial charge on any atom is 0.213 e. The lowest BCUT2D eigenvalue weighted by atomic mass is 9.86. The molecule has 0 saturated carbocycles. The number of Topliss-reactive ketones (excluding diaryl/α,β-unsaturated/α-hetero) is 1. The van der Waals surface area contributed by atoms with Gasteiger partial charge >= 0.3 is 0 Å². The van der Waals surface area contributed by atoms with E-state index < -0.39 is 0 Å². The Kier molecular flexibility index (Phi) is 7.83. The smallest absolute Gasteiger partial charge is 0.213 e. The summed E-state index contributed by atoms with van der Waals surface area (Å²) < 4.78 is 11.4. The van der Waals surface area contributed by atoms with Gasteiger partial charge in [0.05, 0.1) is 12.3 Å². The van der Waals surface area contributed by atoms with E-state index in [4.69, 9.17) is 9.47 Å². The lowest BCUT2D eigenvalue weighted by Gasteiger charge is -2.19. The molecule has 0 fully saturated rings. The van der Waals surface area contributed by atoms with Gasteiger partial charge in [0.1, 0.15) is 17.3 Å². The quantitative estimate of drug-likeness (QED) is 0.527. The van der Waals surface area contributed by atoms with Gasteiger partial charge < -0.3 is 14.3 Å². The molecule has 0 amide bonds. The van der Waals surface area contributed by atoms with Crippen molar-refractivity contribution < 1.29 is 14.3 Å². The van der Waals surface area contributed by atoms with Gasteiger partial charge in [-0.15, -0.1) is 0 Å². The fourth-order valence-corrected chi connectivity index (χ4v) is 2.99. The van der Waals surface area contributed by atoms with Crippen LogP contribution in [0.1, 0.15) is 53.0 Å². The Bertz CT molecular complexity index is 705. The second-order valence-electron chi connectivity index (χ2n) is 7.69. The van der Waals surface area contributed by atoms with Crippen LogP contribution in [0, 0.1) is 11.8 Å². The van der Waals surface area contributed by atoms with Gasteiger partial charge in [-0.1, -0.05) is 26.0 Å². The van der Waals surface area contributed by atoms with Crippen molar-refractivity contribution >= 4 is 5.78 Å². The molecule has 4 nitrogen and oxygen atoms in total. The van der Waals surface area contributed by atoms with Crippen LogP contribution in [0.15, 0.2) is 42.6 Å². The molecule has 27 heavy (non-hydrogen) atoms. The van der Waals surface area contributed by atoms with Crippen molar-refractivity contribution in [3.05, 3.63) is 48.2 Å². The molecule has 0 unspecified atom stereocenters. The Morgan fingerprint density at radius 2 is 1.67 bits per heavy atom. The molecule has 4 heteroatoms. The van der Waals surface area contributed by atoms with Crippen molar-refractivity contribution in [1.82, 2.24) is 4.98 Å². The number of nitrogens with zero attached hydrogens (tertiary/aromatic N) is 1. The summed E-state index contributed by atoms with van der Waals surface area (Å²) in [5, 5.41) is 0. The number of rotatable bonds is 10. The van der Waals surface area contributed by atoms with Crippen LogP contribution in [0.2, 0.25) is 0 Å². The van der Waals surface area contributed by atoms with Crippen LogP contribution in [0.4, 0.5) is 0 Å². The number of ether oxygens (including phenoxy) is 2. The Balaban J connectivity index is 1.90. The van der Waals surface area contributed by atoms with Crippen molar-refractivity contribution in [2.75, 3.05) is 0 Å². The van der Waals surface area contributed by atoms with Gasteiger partial charge in [0.15, 0.2) is 0 Å². The molecule has 0 bridgehead atoms. The second kappa shape index (κ2) is 10.1. The lowest BCUT2D eigenvalue weighted by Crippen LogP contribution is -2.13. The fraction of sp³-hybridized carbons (Fsp3) is 0.478. The van der Waals surface area contributed by atoms with Crippen LogP contribution in [0.25, 0.3) is 0 Å². The molecule has 1 aromatic heterocycles. The van der Waals surface area contributed by atoms with Crippen LogP contribution in [-0.4, -0.2) is 16.9 Å². The molecule has 1 atom stereocenters. The van der Waals surface area contributed by atoms with Crippen molar-refractivity contribution in [3.63, 3.8) is 0 Å². The maximum atomic E-state index is 11.4. The second-order valence-corrected chi connectivity index (χ2v) is 7.69. The van der Waals surface area contributed by atoms with Crippen molar-refractivity contribution in [1.29, 1.82) is 0 Å². The summed E-state index contributed by atoms with van der Waals surface area (Å²) in [6, 6.07) is 11.8. The summed E-state index contributed by atoms with van der Waals surface area (Å²) in [6.07, 6.45) is 4.43. The lowest BCUT2D eigenvalue weighted by molar-refractivity contribution is -0.118. The predicted molar refractivity (Wildman–Crippen MR) is 108 cm³/mol. The normalized spacial score (nSPS) is 12.3. The number of hydrogen-bond donors (Lipinski definition) is 0. The van der Waals surface area contributed by atoms with Gasteiger partial charge in [0.25, 0.3) is 0 Å².